The van der Waals surface area contributed by atoms with E-state index >= 15 is 0 Å². The zero-order valence-electron chi connectivity index (χ0n) is 11.5. The highest BCUT2D eigenvalue weighted by atomic mass is 16.2. The first-order chi connectivity index (χ1) is 9.66. The maximum Gasteiger partial charge on any atom is 0.261 e. The second-order valence-electron chi connectivity index (χ2n) is 5.47. The maximum atomic E-state index is 12.3. The standard InChI is InChI=1S/C15H19N3O2/c16-11-4-5-12-13(10-11)15(20)18(14(12)19)9-8-17-6-2-1-3-7-17/h4-5,10H,1-3,6-9,16H2. The zero-order valence-corrected chi connectivity index (χ0v) is 11.5. The van der Waals surface area contributed by atoms with Gasteiger partial charge in [0.1, 0.15) is 0 Å². The van der Waals surface area contributed by atoms with Crippen LogP contribution in [0.1, 0.15) is 40.0 Å². The number of piperidine rings is 1. The molecule has 0 spiro atoms. The summed E-state index contributed by atoms with van der Waals surface area (Å²) in [6.45, 7) is 3.36. The second-order valence-corrected chi connectivity index (χ2v) is 5.47. The average molecular weight is 273 g/mol. The van der Waals surface area contributed by atoms with Crippen LogP contribution in [0.3, 0.4) is 0 Å². The molecule has 0 radical (unpaired) electrons. The van der Waals surface area contributed by atoms with Crippen LogP contribution in [0.5, 0.6) is 0 Å². The second kappa shape index (κ2) is 5.25. The fourth-order valence-corrected chi connectivity index (χ4v) is 2.94. The molecule has 3 rings (SSSR count). The summed E-state index contributed by atoms with van der Waals surface area (Å²) in [6.07, 6.45) is 3.69. The number of fused-ring (bicyclic) bond motifs is 1. The Morgan fingerprint density at radius 3 is 2.40 bits per heavy atom. The summed E-state index contributed by atoms with van der Waals surface area (Å²) < 4.78 is 0. The molecule has 0 unspecified atom stereocenters. The Hall–Kier alpha value is -1.88. The smallest absolute Gasteiger partial charge is 0.261 e. The van der Waals surface area contributed by atoms with E-state index in [4.69, 9.17) is 5.73 Å². The van der Waals surface area contributed by atoms with Gasteiger partial charge in [-0.05, 0) is 44.1 Å². The summed E-state index contributed by atoms with van der Waals surface area (Å²) >= 11 is 0. The number of imide groups is 1. The van der Waals surface area contributed by atoms with Crippen molar-refractivity contribution in [2.24, 2.45) is 0 Å². The van der Waals surface area contributed by atoms with Gasteiger partial charge in [0, 0.05) is 18.8 Å². The van der Waals surface area contributed by atoms with Crippen LogP contribution in [0.2, 0.25) is 0 Å². The van der Waals surface area contributed by atoms with Gasteiger partial charge in [0.25, 0.3) is 11.8 Å². The van der Waals surface area contributed by atoms with Crippen LogP contribution in [0, 0.1) is 0 Å². The Morgan fingerprint density at radius 1 is 0.950 bits per heavy atom. The first-order valence-electron chi connectivity index (χ1n) is 7.15. The molecule has 0 aromatic heterocycles. The highest BCUT2D eigenvalue weighted by molar-refractivity contribution is 6.21. The number of likely N-dealkylation sites (tertiary alicyclic amines) is 1. The molecule has 2 aliphatic rings. The van der Waals surface area contributed by atoms with Gasteiger partial charge in [-0.15, -0.1) is 0 Å². The Kier molecular flexibility index (Phi) is 3.44. The summed E-state index contributed by atoms with van der Waals surface area (Å²) in [6, 6.07) is 4.90. The molecular weight excluding hydrogens is 254 g/mol. The summed E-state index contributed by atoms with van der Waals surface area (Å²) in [7, 11) is 0. The van der Waals surface area contributed by atoms with Gasteiger partial charge >= 0.3 is 0 Å². The quantitative estimate of drug-likeness (QED) is 0.667. The van der Waals surface area contributed by atoms with Gasteiger partial charge in [0.2, 0.25) is 0 Å². The number of carbonyl (C=O) groups excluding carboxylic acids is 2. The van der Waals surface area contributed by atoms with Crippen LogP contribution in [0.15, 0.2) is 18.2 Å². The molecule has 0 saturated carbocycles. The minimum absolute atomic E-state index is 0.193. The lowest BCUT2D eigenvalue weighted by molar-refractivity contribution is 0.0631. The van der Waals surface area contributed by atoms with Gasteiger partial charge in [-0.3, -0.25) is 14.5 Å². The third kappa shape index (κ3) is 2.29. The number of nitrogens with zero attached hydrogens (tertiary/aromatic N) is 2. The summed E-state index contributed by atoms with van der Waals surface area (Å²) in [5.74, 6) is -0.406. The molecule has 5 nitrogen and oxygen atoms in total. The number of benzene rings is 1. The van der Waals surface area contributed by atoms with E-state index < -0.39 is 0 Å². The number of nitrogens with two attached hydrogens (primary N) is 1. The van der Waals surface area contributed by atoms with Crippen LogP contribution in [0.4, 0.5) is 5.69 Å². The number of amides is 2. The molecule has 106 valence electrons. The fraction of sp³-hybridized carbons (Fsp3) is 0.467. The lowest BCUT2D eigenvalue weighted by atomic mass is 10.1. The molecule has 1 saturated heterocycles. The predicted octanol–water partition coefficient (Wildman–Crippen LogP) is 1.35. The van der Waals surface area contributed by atoms with E-state index in [0.29, 0.717) is 23.4 Å². The number of rotatable bonds is 3. The van der Waals surface area contributed by atoms with E-state index in [1.165, 1.54) is 24.2 Å². The van der Waals surface area contributed by atoms with E-state index in [9.17, 15) is 9.59 Å². The van der Waals surface area contributed by atoms with Crippen molar-refractivity contribution in [1.82, 2.24) is 9.80 Å². The number of hydrogen-bond acceptors (Lipinski definition) is 4. The lowest BCUT2D eigenvalue weighted by Gasteiger charge is -2.27. The molecular formula is C15H19N3O2. The van der Waals surface area contributed by atoms with Crippen molar-refractivity contribution in [3.05, 3.63) is 29.3 Å². The molecule has 2 aliphatic heterocycles. The van der Waals surface area contributed by atoms with Crippen molar-refractivity contribution < 1.29 is 9.59 Å². The largest absolute Gasteiger partial charge is 0.399 e. The van der Waals surface area contributed by atoms with Crippen LogP contribution < -0.4 is 5.73 Å². The Labute approximate surface area is 118 Å². The third-order valence-electron chi connectivity index (χ3n) is 4.08. The topological polar surface area (TPSA) is 66.6 Å². The predicted molar refractivity (Wildman–Crippen MR) is 76.5 cm³/mol. The number of anilines is 1. The lowest BCUT2D eigenvalue weighted by Crippen LogP contribution is -2.40. The molecule has 1 aromatic carbocycles. The number of carbonyl (C=O) groups is 2. The Morgan fingerprint density at radius 2 is 1.65 bits per heavy atom. The molecule has 5 heteroatoms. The molecule has 1 aromatic rings. The molecule has 20 heavy (non-hydrogen) atoms. The van der Waals surface area contributed by atoms with Crippen molar-refractivity contribution in [3.8, 4) is 0 Å². The van der Waals surface area contributed by atoms with Gasteiger partial charge in [-0.1, -0.05) is 6.42 Å². The molecule has 0 aliphatic carbocycles. The SMILES string of the molecule is Nc1ccc2c(c1)C(=O)N(CCN1CCCCC1)C2=O. The maximum absolute atomic E-state index is 12.3. The van der Waals surface area contributed by atoms with E-state index in [0.717, 1.165) is 19.6 Å². The molecule has 0 atom stereocenters. The third-order valence-corrected chi connectivity index (χ3v) is 4.08. The first kappa shape index (κ1) is 13.1. The van der Waals surface area contributed by atoms with Crippen molar-refractivity contribution in [2.45, 2.75) is 19.3 Å². The number of hydrogen-bond donors (Lipinski definition) is 1. The van der Waals surface area contributed by atoms with Gasteiger partial charge in [-0.2, -0.15) is 0 Å². The van der Waals surface area contributed by atoms with Gasteiger partial charge in [0.05, 0.1) is 11.1 Å². The van der Waals surface area contributed by atoms with Crippen molar-refractivity contribution in [2.75, 3.05) is 31.9 Å². The highest BCUT2D eigenvalue weighted by Crippen LogP contribution is 2.24. The van der Waals surface area contributed by atoms with Crippen molar-refractivity contribution >= 4 is 17.5 Å². The normalized spacial score (nSPS) is 19.5. The highest BCUT2D eigenvalue weighted by Gasteiger charge is 2.35. The van der Waals surface area contributed by atoms with Gasteiger partial charge < -0.3 is 10.6 Å². The van der Waals surface area contributed by atoms with E-state index in [2.05, 4.69) is 4.90 Å². The van der Waals surface area contributed by atoms with Crippen LogP contribution in [-0.2, 0) is 0 Å². The minimum Gasteiger partial charge on any atom is -0.399 e. The average Bonchev–Trinajstić information content (AvgIpc) is 2.70. The Bertz CT molecular complexity index is 550. The monoisotopic (exact) mass is 273 g/mol. The molecule has 2 heterocycles. The minimum atomic E-state index is -0.214. The molecule has 2 amide bonds. The number of nitrogen functional groups attached to an aromatic ring is 1. The summed E-state index contributed by atoms with van der Waals surface area (Å²) in [4.78, 5) is 28.2. The summed E-state index contributed by atoms with van der Waals surface area (Å²) in [5.41, 5.74) is 7.11. The van der Waals surface area contributed by atoms with E-state index in [1.807, 2.05) is 0 Å². The van der Waals surface area contributed by atoms with Crippen molar-refractivity contribution in [3.63, 3.8) is 0 Å². The van der Waals surface area contributed by atoms with Gasteiger partial charge in [0.15, 0.2) is 0 Å². The zero-order chi connectivity index (χ0) is 14.1. The first-order valence-corrected chi connectivity index (χ1v) is 7.15. The fourth-order valence-electron chi connectivity index (χ4n) is 2.94. The molecule has 0 bridgehead atoms. The summed E-state index contributed by atoms with van der Waals surface area (Å²) in [5, 5.41) is 0. The Balaban J connectivity index is 1.69. The van der Waals surface area contributed by atoms with E-state index in [-0.39, 0.29) is 11.8 Å². The van der Waals surface area contributed by atoms with Crippen LogP contribution in [0.25, 0.3) is 0 Å². The molecule has 2 N–H and O–H groups in total. The van der Waals surface area contributed by atoms with Crippen LogP contribution in [-0.4, -0.2) is 47.8 Å². The van der Waals surface area contributed by atoms with Gasteiger partial charge in [-0.25, -0.2) is 0 Å². The van der Waals surface area contributed by atoms with Crippen molar-refractivity contribution in [1.29, 1.82) is 0 Å². The molecule has 1 fully saturated rings. The van der Waals surface area contributed by atoms with Crippen LogP contribution >= 0.6 is 0 Å². The van der Waals surface area contributed by atoms with E-state index in [1.54, 1.807) is 18.2 Å².